The number of nitrogens with zero attached hydrogens (tertiary/aromatic N) is 4. The molecule has 14 heteroatoms. The van der Waals surface area contributed by atoms with Crippen LogP contribution >= 0.6 is 0 Å². The first-order valence-electron chi connectivity index (χ1n) is 7.49. The monoisotopic (exact) mass is 414 g/mol. The van der Waals surface area contributed by atoms with E-state index in [-0.39, 0.29) is 5.56 Å². The van der Waals surface area contributed by atoms with Crippen molar-refractivity contribution < 1.29 is 42.7 Å². The summed E-state index contributed by atoms with van der Waals surface area (Å²) in [5.41, 5.74) is -2.31. The fraction of sp³-hybridized carbons (Fsp3) is 0.133. The van der Waals surface area contributed by atoms with Crippen molar-refractivity contribution in [1.82, 2.24) is 15.1 Å². The van der Waals surface area contributed by atoms with E-state index in [1.165, 1.54) is 0 Å². The van der Waals surface area contributed by atoms with Gasteiger partial charge in [-0.15, -0.1) is 0 Å². The number of aromatic nitrogens is 3. The zero-order valence-corrected chi connectivity index (χ0v) is 13.9. The Kier molecular flexibility index (Phi) is 4.94. The number of benzene rings is 1. The van der Waals surface area contributed by atoms with E-state index in [4.69, 9.17) is 9.26 Å². The molecule has 1 unspecified atom stereocenters. The highest BCUT2D eigenvalue weighted by Gasteiger charge is 2.36. The van der Waals surface area contributed by atoms with Gasteiger partial charge in [0.2, 0.25) is 17.5 Å². The van der Waals surface area contributed by atoms with Crippen molar-refractivity contribution in [3.05, 3.63) is 52.0 Å². The summed E-state index contributed by atoms with van der Waals surface area (Å²) in [6.07, 6.45) is -5.91. The molecule has 0 aliphatic rings. The quantitative estimate of drug-likeness (QED) is 0.244. The minimum atomic E-state index is -4.80. The third-order valence-electron chi connectivity index (χ3n) is 3.48. The lowest BCUT2D eigenvalue weighted by atomic mass is 10.1. The van der Waals surface area contributed by atoms with Gasteiger partial charge in [-0.05, 0) is 18.2 Å². The standard InChI is InChI=1S/C15H9F3N4O7/c16-15(17,18)7-2-1-3-19-13(7)28-14(25)11-20-12(29-21-11)6-4-8(22(26)27)10(24)9(23)5-6/h1-5,14,23-25H. The number of aromatic hydroxyl groups is 2. The van der Waals surface area contributed by atoms with Crippen LogP contribution in [0.5, 0.6) is 17.4 Å². The largest absolute Gasteiger partial charge is 0.504 e. The predicted octanol–water partition coefficient (Wildman–Crippen LogP) is 2.54. The summed E-state index contributed by atoms with van der Waals surface area (Å²) in [5, 5.41) is 43.2. The molecule has 0 aliphatic carbocycles. The van der Waals surface area contributed by atoms with Crippen LogP contribution in [0.2, 0.25) is 0 Å². The van der Waals surface area contributed by atoms with Gasteiger partial charge in [-0.3, -0.25) is 10.1 Å². The van der Waals surface area contributed by atoms with E-state index in [1.54, 1.807) is 0 Å². The van der Waals surface area contributed by atoms with Gasteiger partial charge < -0.3 is 24.6 Å². The number of hydrogen-bond donors (Lipinski definition) is 3. The average Bonchev–Trinajstić information content (AvgIpc) is 3.13. The number of phenols is 2. The van der Waals surface area contributed by atoms with Gasteiger partial charge in [0, 0.05) is 12.3 Å². The van der Waals surface area contributed by atoms with Crippen LogP contribution < -0.4 is 4.74 Å². The number of ether oxygens (including phenoxy) is 1. The summed E-state index contributed by atoms with van der Waals surface area (Å²) in [5.74, 6) is -3.84. The second kappa shape index (κ2) is 7.23. The highest BCUT2D eigenvalue weighted by Crippen LogP contribution is 2.39. The summed E-state index contributed by atoms with van der Waals surface area (Å²) < 4.78 is 48.4. The minimum absolute atomic E-state index is 0.202. The molecule has 0 aliphatic heterocycles. The van der Waals surface area contributed by atoms with Crippen molar-refractivity contribution in [3.63, 3.8) is 0 Å². The van der Waals surface area contributed by atoms with E-state index >= 15 is 0 Å². The van der Waals surface area contributed by atoms with E-state index in [9.17, 15) is 38.6 Å². The molecule has 0 bridgehead atoms. The molecule has 1 atom stereocenters. The molecule has 29 heavy (non-hydrogen) atoms. The summed E-state index contributed by atoms with van der Waals surface area (Å²) in [6.45, 7) is 0. The van der Waals surface area contributed by atoms with Crippen molar-refractivity contribution in [2.24, 2.45) is 0 Å². The minimum Gasteiger partial charge on any atom is -0.504 e. The van der Waals surface area contributed by atoms with E-state index in [1.807, 2.05) is 0 Å². The maximum absolute atomic E-state index is 12.9. The molecular formula is C15H9F3N4O7. The zero-order chi connectivity index (χ0) is 21.3. The highest BCUT2D eigenvalue weighted by atomic mass is 19.4. The summed E-state index contributed by atoms with van der Waals surface area (Å²) in [6, 6.07) is 3.39. The lowest BCUT2D eigenvalue weighted by molar-refractivity contribution is -0.385. The maximum atomic E-state index is 12.9. The van der Waals surface area contributed by atoms with E-state index in [0.717, 1.165) is 24.4 Å². The van der Waals surface area contributed by atoms with Gasteiger partial charge in [-0.1, -0.05) is 5.16 Å². The fourth-order valence-corrected chi connectivity index (χ4v) is 2.18. The van der Waals surface area contributed by atoms with Crippen LogP contribution in [0.25, 0.3) is 11.5 Å². The van der Waals surface area contributed by atoms with Gasteiger partial charge in [0.05, 0.1) is 10.5 Å². The fourth-order valence-electron chi connectivity index (χ4n) is 2.18. The molecule has 0 spiro atoms. The molecule has 0 saturated heterocycles. The van der Waals surface area contributed by atoms with Gasteiger partial charge in [-0.25, -0.2) is 4.98 Å². The first kappa shape index (κ1) is 19.8. The van der Waals surface area contributed by atoms with Gasteiger partial charge >= 0.3 is 11.9 Å². The Balaban J connectivity index is 1.89. The van der Waals surface area contributed by atoms with Gasteiger partial charge in [0.25, 0.3) is 12.2 Å². The summed E-state index contributed by atoms with van der Waals surface area (Å²) in [4.78, 5) is 17.0. The van der Waals surface area contributed by atoms with Crippen LogP contribution in [-0.2, 0) is 6.18 Å². The first-order valence-corrected chi connectivity index (χ1v) is 7.49. The number of aliphatic hydroxyl groups excluding tert-OH is 1. The number of halogens is 3. The van der Waals surface area contributed by atoms with Gasteiger partial charge in [-0.2, -0.15) is 18.2 Å². The number of pyridine rings is 1. The van der Waals surface area contributed by atoms with Gasteiger partial charge in [0.1, 0.15) is 5.56 Å². The Morgan fingerprint density at radius 2 is 2.00 bits per heavy atom. The van der Waals surface area contributed by atoms with Crippen molar-refractivity contribution in [1.29, 1.82) is 0 Å². The lowest BCUT2D eigenvalue weighted by Crippen LogP contribution is -2.14. The van der Waals surface area contributed by atoms with Crippen molar-refractivity contribution in [2.45, 2.75) is 12.5 Å². The predicted molar refractivity (Wildman–Crippen MR) is 84.5 cm³/mol. The van der Waals surface area contributed by atoms with Crippen LogP contribution in [0, 0.1) is 10.1 Å². The molecule has 0 amide bonds. The van der Waals surface area contributed by atoms with Gasteiger partial charge in [0.15, 0.2) is 5.75 Å². The van der Waals surface area contributed by atoms with Crippen LogP contribution in [0.4, 0.5) is 18.9 Å². The van der Waals surface area contributed by atoms with Crippen molar-refractivity contribution in [3.8, 4) is 28.8 Å². The molecule has 0 saturated carbocycles. The molecule has 3 rings (SSSR count). The molecule has 2 aromatic heterocycles. The number of hydrogen-bond acceptors (Lipinski definition) is 10. The second-order valence-corrected chi connectivity index (χ2v) is 5.40. The maximum Gasteiger partial charge on any atom is 0.421 e. The molecule has 1 aromatic carbocycles. The molecule has 2 heterocycles. The number of nitro groups is 1. The number of nitro benzene ring substituents is 1. The number of phenolic OH excluding ortho intramolecular Hbond substituents is 2. The zero-order valence-electron chi connectivity index (χ0n) is 13.9. The van der Waals surface area contributed by atoms with Crippen LogP contribution in [0.3, 0.4) is 0 Å². The number of aliphatic hydroxyl groups is 1. The number of rotatable bonds is 5. The molecular weight excluding hydrogens is 405 g/mol. The average molecular weight is 414 g/mol. The molecule has 152 valence electrons. The molecule has 11 nitrogen and oxygen atoms in total. The normalized spacial score (nSPS) is 12.6. The Morgan fingerprint density at radius 1 is 1.28 bits per heavy atom. The molecule has 0 radical (unpaired) electrons. The van der Waals surface area contributed by atoms with E-state index in [0.29, 0.717) is 6.07 Å². The molecule has 3 aromatic rings. The smallest absolute Gasteiger partial charge is 0.421 e. The lowest BCUT2D eigenvalue weighted by Gasteiger charge is -2.14. The Labute approximate surface area is 157 Å². The van der Waals surface area contributed by atoms with Crippen LogP contribution in [0.1, 0.15) is 17.7 Å². The summed E-state index contributed by atoms with van der Waals surface area (Å²) in [7, 11) is 0. The Morgan fingerprint density at radius 3 is 2.66 bits per heavy atom. The third-order valence-corrected chi connectivity index (χ3v) is 3.48. The van der Waals surface area contributed by atoms with Crippen LogP contribution in [0.15, 0.2) is 35.0 Å². The van der Waals surface area contributed by atoms with Crippen molar-refractivity contribution >= 4 is 5.69 Å². The second-order valence-electron chi connectivity index (χ2n) is 5.40. The Hall–Kier alpha value is -3.94. The molecule has 0 fully saturated rings. The van der Waals surface area contributed by atoms with E-state index in [2.05, 4.69) is 15.1 Å². The SMILES string of the molecule is O=[N+]([O-])c1cc(-c2nc(C(O)Oc3ncccc3C(F)(F)F)no2)cc(O)c1O. The van der Waals surface area contributed by atoms with E-state index < -0.39 is 57.7 Å². The van der Waals surface area contributed by atoms with Crippen molar-refractivity contribution in [2.75, 3.05) is 0 Å². The topological polar surface area (TPSA) is 165 Å². The Bertz CT molecular complexity index is 1070. The molecule has 3 N–H and O–H groups in total. The van der Waals surface area contributed by atoms with Crippen LogP contribution in [-0.4, -0.2) is 35.4 Å². The third kappa shape index (κ3) is 4.01. The number of alkyl halides is 3. The first-order chi connectivity index (χ1) is 13.6. The highest BCUT2D eigenvalue weighted by molar-refractivity contribution is 5.67. The summed E-state index contributed by atoms with van der Waals surface area (Å²) >= 11 is 0.